The van der Waals surface area contributed by atoms with Crippen molar-refractivity contribution in [3.63, 3.8) is 0 Å². The molecule has 1 rings (SSSR count). The van der Waals surface area contributed by atoms with E-state index >= 15 is 0 Å². The number of nitrogens with two attached hydrogens (primary N) is 1. The van der Waals surface area contributed by atoms with Crippen LogP contribution < -0.4 is 11.1 Å². The fraction of sp³-hybridized carbons (Fsp3) is 0.556. The molecule has 1 unspecified atom stereocenters. The van der Waals surface area contributed by atoms with Gasteiger partial charge in [0.2, 0.25) is 0 Å². The van der Waals surface area contributed by atoms with Crippen molar-refractivity contribution in [2.75, 3.05) is 6.54 Å². The predicted octanol–water partition coefficient (Wildman–Crippen LogP) is -0.113. The van der Waals surface area contributed by atoms with Crippen LogP contribution in [-0.4, -0.2) is 28.0 Å². The molecule has 0 saturated heterocycles. The van der Waals surface area contributed by atoms with Crippen molar-refractivity contribution in [1.82, 2.24) is 14.9 Å². The zero-order valence-electron chi connectivity index (χ0n) is 8.53. The Balaban J connectivity index is 2.36. The summed E-state index contributed by atoms with van der Waals surface area (Å²) in [5, 5.41) is 2.75. The van der Waals surface area contributed by atoms with Crippen LogP contribution in [0, 0.1) is 0 Å². The van der Waals surface area contributed by atoms with E-state index in [0.717, 1.165) is 6.42 Å². The second-order valence-electron chi connectivity index (χ2n) is 3.45. The monoisotopic (exact) mass is 196 g/mol. The Hall–Kier alpha value is -1.36. The van der Waals surface area contributed by atoms with Gasteiger partial charge in [-0.25, -0.2) is 4.98 Å². The van der Waals surface area contributed by atoms with Crippen LogP contribution in [0.3, 0.4) is 0 Å². The molecule has 0 radical (unpaired) electrons. The molecule has 0 fully saturated rings. The van der Waals surface area contributed by atoms with Crippen LogP contribution in [0.15, 0.2) is 12.5 Å². The summed E-state index contributed by atoms with van der Waals surface area (Å²) < 4.78 is 1.74. The predicted molar refractivity (Wildman–Crippen MR) is 53.8 cm³/mol. The maximum Gasteiger partial charge on any atom is 0.271 e. The van der Waals surface area contributed by atoms with Gasteiger partial charge in [0.1, 0.15) is 5.69 Å². The van der Waals surface area contributed by atoms with E-state index in [0.29, 0.717) is 12.2 Å². The van der Waals surface area contributed by atoms with Crippen molar-refractivity contribution in [3.05, 3.63) is 18.2 Å². The molecular weight excluding hydrogens is 180 g/mol. The summed E-state index contributed by atoms with van der Waals surface area (Å²) in [5.74, 6) is -0.147. The summed E-state index contributed by atoms with van der Waals surface area (Å²) in [5.41, 5.74) is 5.99. The molecule has 0 aromatic carbocycles. The second-order valence-corrected chi connectivity index (χ2v) is 3.45. The Morgan fingerprint density at radius 1 is 1.79 bits per heavy atom. The average molecular weight is 196 g/mol. The smallest absolute Gasteiger partial charge is 0.271 e. The maximum absolute atomic E-state index is 11.4. The van der Waals surface area contributed by atoms with Gasteiger partial charge < -0.3 is 15.6 Å². The number of aromatic nitrogens is 2. The molecule has 0 aliphatic carbocycles. The standard InChI is InChI=1S/C9H16N4O/c1-7(10)3-4-11-9(14)8-5-13(2)6-12-8/h5-7H,3-4,10H2,1-2H3,(H,11,14). The summed E-state index contributed by atoms with van der Waals surface area (Å²) in [4.78, 5) is 15.3. The first kappa shape index (κ1) is 10.7. The lowest BCUT2D eigenvalue weighted by atomic mass is 10.2. The number of rotatable bonds is 4. The zero-order valence-corrected chi connectivity index (χ0v) is 8.53. The fourth-order valence-corrected chi connectivity index (χ4v) is 1.03. The highest BCUT2D eigenvalue weighted by Gasteiger charge is 2.07. The van der Waals surface area contributed by atoms with E-state index in [1.807, 2.05) is 14.0 Å². The lowest BCUT2D eigenvalue weighted by molar-refractivity contribution is 0.0948. The first-order chi connectivity index (χ1) is 6.59. The second kappa shape index (κ2) is 4.76. The minimum Gasteiger partial charge on any atom is -0.351 e. The van der Waals surface area contributed by atoms with Crippen LogP contribution in [0.2, 0.25) is 0 Å². The number of aryl methyl sites for hydroxylation is 1. The number of carbonyl (C=O) groups is 1. The van der Waals surface area contributed by atoms with E-state index in [1.165, 1.54) is 0 Å². The molecule has 0 bridgehead atoms. The van der Waals surface area contributed by atoms with Gasteiger partial charge in [-0.05, 0) is 13.3 Å². The highest BCUT2D eigenvalue weighted by molar-refractivity contribution is 5.91. The van der Waals surface area contributed by atoms with Gasteiger partial charge in [0.25, 0.3) is 5.91 Å². The van der Waals surface area contributed by atoms with Gasteiger partial charge in [-0.2, -0.15) is 0 Å². The van der Waals surface area contributed by atoms with Crippen molar-refractivity contribution in [1.29, 1.82) is 0 Å². The van der Waals surface area contributed by atoms with Gasteiger partial charge >= 0.3 is 0 Å². The highest BCUT2D eigenvalue weighted by atomic mass is 16.1. The maximum atomic E-state index is 11.4. The largest absolute Gasteiger partial charge is 0.351 e. The first-order valence-corrected chi connectivity index (χ1v) is 4.61. The molecular formula is C9H16N4O. The number of imidazole rings is 1. The van der Waals surface area contributed by atoms with Crippen LogP contribution in [0.25, 0.3) is 0 Å². The van der Waals surface area contributed by atoms with Crippen LogP contribution in [0.4, 0.5) is 0 Å². The molecule has 1 aromatic rings. The molecule has 0 aliphatic rings. The van der Waals surface area contributed by atoms with Crippen LogP contribution in [0.5, 0.6) is 0 Å². The molecule has 78 valence electrons. The van der Waals surface area contributed by atoms with Crippen molar-refractivity contribution in [2.45, 2.75) is 19.4 Å². The Morgan fingerprint density at radius 3 is 3.00 bits per heavy atom. The molecule has 0 spiro atoms. The fourth-order valence-electron chi connectivity index (χ4n) is 1.03. The van der Waals surface area contributed by atoms with Crippen LogP contribution in [0.1, 0.15) is 23.8 Å². The van der Waals surface area contributed by atoms with Gasteiger partial charge in [0.15, 0.2) is 0 Å². The summed E-state index contributed by atoms with van der Waals surface area (Å²) in [6.45, 7) is 2.50. The van der Waals surface area contributed by atoms with Gasteiger partial charge in [-0.3, -0.25) is 4.79 Å². The molecule has 1 atom stereocenters. The third-order valence-corrected chi connectivity index (χ3v) is 1.82. The average Bonchev–Trinajstić information content (AvgIpc) is 2.51. The summed E-state index contributed by atoms with van der Waals surface area (Å²) in [7, 11) is 1.83. The highest BCUT2D eigenvalue weighted by Crippen LogP contribution is 1.93. The minimum absolute atomic E-state index is 0.110. The zero-order chi connectivity index (χ0) is 10.6. The van der Waals surface area contributed by atoms with Crippen molar-refractivity contribution < 1.29 is 4.79 Å². The van der Waals surface area contributed by atoms with Gasteiger partial charge in [0.05, 0.1) is 6.33 Å². The summed E-state index contributed by atoms with van der Waals surface area (Å²) in [6.07, 6.45) is 4.06. The van der Waals surface area contributed by atoms with E-state index in [4.69, 9.17) is 5.73 Å². The number of hydrogen-bond donors (Lipinski definition) is 2. The quantitative estimate of drug-likeness (QED) is 0.705. The Morgan fingerprint density at radius 2 is 2.50 bits per heavy atom. The van der Waals surface area contributed by atoms with Crippen molar-refractivity contribution in [3.8, 4) is 0 Å². The van der Waals surface area contributed by atoms with Crippen LogP contribution >= 0.6 is 0 Å². The van der Waals surface area contributed by atoms with E-state index in [-0.39, 0.29) is 11.9 Å². The van der Waals surface area contributed by atoms with E-state index in [1.54, 1.807) is 17.1 Å². The minimum atomic E-state index is -0.147. The molecule has 0 saturated carbocycles. The molecule has 1 aromatic heterocycles. The van der Waals surface area contributed by atoms with Gasteiger partial charge in [-0.15, -0.1) is 0 Å². The number of nitrogens with zero attached hydrogens (tertiary/aromatic N) is 2. The molecule has 0 aliphatic heterocycles. The summed E-state index contributed by atoms with van der Waals surface area (Å²) in [6, 6.07) is 0.110. The first-order valence-electron chi connectivity index (χ1n) is 4.61. The van der Waals surface area contributed by atoms with E-state index in [9.17, 15) is 4.79 Å². The number of carbonyl (C=O) groups excluding carboxylic acids is 1. The molecule has 14 heavy (non-hydrogen) atoms. The third kappa shape index (κ3) is 3.18. The third-order valence-electron chi connectivity index (χ3n) is 1.82. The van der Waals surface area contributed by atoms with E-state index in [2.05, 4.69) is 10.3 Å². The van der Waals surface area contributed by atoms with Crippen molar-refractivity contribution in [2.24, 2.45) is 12.8 Å². The molecule has 3 N–H and O–H groups in total. The van der Waals surface area contributed by atoms with Gasteiger partial charge in [0, 0.05) is 25.8 Å². The number of amides is 1. The molecule has 1 amide bonds. The number of nitrogens with one attached hydrogen (secondary N) is 1. The lowest BCUT2D eigenvalue weighted by Crippen LogP contribution is -2.29. The Labute approximate surface area is 83.3 Å². The molecule has 1 heterocycles. The molecule has 5 nitrogen and oxygen atoms in total. The normalized spacial score (nSPS) is 12.5. The Bertz CT molecular complexity index is 306. The van der Waals surface area contributed by atoms with Crippen LogP contribution in [-0.2, 0) is 7.05 Å². The van der Waals surface area contributed by atoms with E-state index < -0.39 is 0 Å². The van der Waals surface area contributed by atoms with Gasteiger partial charge in [-0.1, -0.05) is 0 Å². The van der Waals surface area contributed by atoms with Crippen molar-refractivity contribution >= 4 is 5.91 Å². The Kier molecular flexibility index (Phi) is 3.64. The number of hydrogen-bond acceptors (Lipinski definition) is 3. The lowest BCUT2D eigenvalue weighted by Gasteiger charge is -2.05. The summed E-state index contributed by atoms with van der Waals surface area (Å²) >= 11 is 0. The molecule has 5 heteroatoms. The topological polar surface area (TPSA) is 72.9 Å². The SMILES string of the molecule is CC(N)CCNC(=O)c1cn(C)cn1.